The van der Waals surface area contributed by atoms with Crippen molar-refractivity contribution in [3.8, 4) is 6.07 Å². The van der Waals surface area contributed by atoms with Crippen LogP contribution in [0.25, 0.3) is 11.0 Å². The lowest BCUT2D eigenvalue weighted by molar-refractivity contribution is 0.0617. The molecular weight excluding hydrogens is 393 g/mol. The SMILES string of the molecule is CCN(C(=O)c1nc2ccc(C#N)cc2[nH]1)[C@H]1CCC[C@@H](NCc2ccc(F)cc2)C1. The smallest absolute Gasteiger partial charge is 0.289 e. The number of nitriles is 1. The van der Waals surface area contributed by atoms with Crippen LogP contribution in [0.4, 0.5) is 4.39 Å². The molecular formula is C24H26FN5O. The molecule has 1 aliphatic rings. The Labute approximate surface area is 181 Å². The second-order valence-electron chi connectivity index (χ2n) is 8.05. The van der Waals surface area contributed by atoms with Crippen molar-refractivity contribution in [2.24, 2.45) is 0 Å². The van der Waals surface area contributed by atoms with Gasteiger partial charge in [0.2, 0.25) is 0 Å². The minimum Gasteiger partial charge on any atom is -0.334 e. The van der Waals surface area contributed by atoms with Crippen molar-refractivity contribution in [3.63, 3.8) is 0 Å². The summed E-state index contributed by atoms with van der Waals surface area (Å²) in [6.07, 6.45) is 3.94. The molecule has 0 unspecified atom stereocenters. The van der Waals surface area contributed by atoms with Crippen LogP contribution in [0.1, 0.15) is 54.4 Å². The number of fused-ring (bicyclic) bond motifs is 1. The molecule has 2 N–H and O–H groups in total. The third-order valence-corrected chi connectivity index (χ3v) is 6.01. The number of hydrogen-bond donors (Lipinski definition) is 2. The summed E-state index contributed by atoms with van der Waals surface area (Å²) in [6.45, 7) is 3.28. The highest BCUT2D eigenvalue weighted by Gasteiger charge is 2.30. The summed E-state index contributed by atoms with van der Waals surface area (Å²) in [5.41, 5.74) is 2.96. The predicted molar refractivity (Wildman–Crippen MR) is 117 cm³/mol. The lowest BCUT2D eigenvalue weighted by Crippen LogP contribution is -2.47. The van der Waals surface area contributed by atoms with Gasteiger partial charge in [0, 0.05) is 25.2 Å². The van der Waals surface area contributed by atoms with Gasteiger partial charge in [-0.3, -0.25) is 4.79 Å². The molecule has 1 amide bonds. The number of carbonyl (C=O) groups excluding carboxylic acids is 1. The lowest BCUT2D eigenvalue weighted by atomic mass is 9.89. The van der Waals surface area contributed by atoms with E-state index in [0.29, 0.717) is 41.6 Å². The Morgan fingerprint density at radius 1 is 1.29 bits per heavy atom. The molecule has 160 valence electrons. The van der Waals surface area contributed by atoms with E-state index in [-0.39, 0.29) is 17.8 Å². The first kappa shape index (κ1) is 21.0. The molecule has 0 bridgehead atoms. The van der Waals surface area contributed by atoms with E-state index in [1.165, 1.54) is 12.1 Å². The maximum absolute atomic E-state index is 13.2. The highest BCUT2D eigenvalue weighted by Crippen LogP contribution is 2.25. The summed E-state index contributed by atoms with van der Waals surface area (Å²) < 4.78 is 13.1. The van der Waals surface area contributed by atoms with Crippen molar-refractivity contribution >= 4 is 16.9 Å². The Kier molecular flexibility index (Phi) is 6.28. The minimum absolute atomic E-state index is 0.110. The van der Waals surface area contributed by atoms with Gasteiger partial charge in [-0.05, 0) is 68.5 Å². The number of nitrogens with zero attached hydrogens (tertiary/aromatic N) is 3. The van der Waals surface area contributed by atoms with E-state index in [0.717, 1.165) is 31.2 Å². The number of imidazole rings is 1. The van der Waals surface area contributed by atoms with Crippen LogP contribution in [-0.2, 0) is 6.54 Å². The highest BCUT2D eigenvalue weighted by atomic mass is 19.1. The van der Waals surface area contributed by atoms with Crippen molar-refractivity contribution in [2.45, 2.75) is 51.2 Å². The number of hydrogen-bond acceptors (Lipinski definition) is 4. The molecule has 31 heavy (non-hydrogen) atoms. The number of carbonyl (C=O) groups is 1. The number of benzene rings is 2. The van der Waals surface area contributed by atoms with E-state index < -0.39 is 0 Å². The molecule has 6 nitrogen and oxygen atoms in total. The number of aromatic amines is 1. The fourth-order valence-electron chi connectivity index (χ4n) is 4.38. The van der Waals surface area contributed by atoms with Crippen LogP contribution < -0.4 is 5.32 Å². The fourth-order valence-corrected chi connectivity index (χ4v) is 4.38. The Bertz CT molecular complexity index is 1100. The van der Waals surface area contributed by atoms with Crippen LogP contribution >= 0.6 is 0 Å². The van der Waals surface area contributed by atoms with Gasteiger partial charge in [0.05, 0.1) is 22.7 Å². The zero-order chi connectivity index (χ0) is 21.8. The van der Waals surface area contributed by atoms with Crippen LogP contribution in [0.5, 0.6) is 0 Å². The van der Waals surface area contributed by atoms with E-state index in [1.54, 1.807) is 30.3 Å². The molecule has 3 aromatic rings. The molecule has 0 saturated heterocycles. The van der Waals surface area contributed by atoms with Gasteiger partial charge in [-0.2, -0.15) is 5.26 Å². The molecule has 7 heteroatoms. The minimum atomic E-state index is -0.229. The largest absolute Gasteiger partial charge is 0.334 e. The molecule has 1 heterocycles. The van der Waals surface area contributed by atoms with Gasteiger partial charge < -0.3 is 15.2 Å². The number of nitrogens with one attached hydrogen (secondary N) is 2. The third-order valence-electron chi connectivity index (χ3n) is 6.01. The van der Waals surface area contributed by atoms with Gasteiger partial charge in [0.25, 0.3) is 5.91 Å². The van der Waals surface area contributed by atoms with E-state index >= 15 is 0 Å². The Morgan fingerprint density at radius 2 is 2.10 bits per heavy atom. The van der Waals surface area contributed by atoms with Gasteiger partial charge in [0.15, 0.2) is 5.82 Å². The molecule has 1 saturated carbocycles. The maximum atomic E-state index is 13.2. The molecule has 4 rings (SSSR count). The van der Waals surface area contributed by atoms with Crippen LogP contribution in [0, 0.1) is 17.1 Å². The molecule has 1 aromatic heterocycles. The Hall–Kier alpha value is -3.24. The average Bonchev–Trinajstić information content (AvgIpc) is 3.23. The Balaban J connectivity index is 1.43. The summed E-state index contributed by atoms with van der Waals surface area (Å²) in [5.74, 6) is -0.0252. The monoisotopic (exact) mass is 419 g/mol. The van der Waals surface area contributed by atoms with Gasteiger partial charge >= 0.3 is 0 Å². The first-order valence-corrected chi connectivity index (χ1v) is 10.8. The zero-order valence-corrected chi connectivity index (χ0v) is 17.6. The predicted octanol–water partition coefficient (Wildman–Crippen LogP) is 4.14. The average molecular weight is 420 g/mol. The van der Waals surface area contributed by atoms with Gasteiger partial charge in [-0.25, -0.2) is 9.37 Å². The molecule has 0 aliphatic heterocycles. The quantitative estimate of drug-likeness (QED) is 0.629. The standard InChI is InChI=1S/C24H26FN5O/c1-2-30(24(31)23-28-21-11-8-17(14-26)12-22(21)29-23)20-5-3-4-19(13-20)27-15-16-6-9-18(25)10-7-16/h6-12,19-20,27H,2-5,13,15H2,1H3,(H,28,29)/t19-,20+/m1/s1. The second-order valence-corrected chi connectivity index (χ2v) is 8.05. The first-order chi connectivity index (χ1) is 15.1. The molecule has 0 spiro atoms. The third kappa shape index (κ3) is 4.75. The number of amides is 1. The molecule has 2 atom stereocenters. The molecule has 1 aliphatic carbocycles. The topological polar surface area (TPSA) is 84.8 Å². The zero-order valence-electron chi connectivity index (χ0n) is 17.6. The van der Waals surface area contributed by atoms with Crippen LogP contribution in [0.3, 0.4) is 0 Å². The molecule has 1 fully saturated rings. The summed E-state index contributed by atoms with van der Waals surface area (Å²) in [5, 5.41) is 12.6. The fraction of sp³-hybridized carbons (Fsp3) is 0.375. The Morgan fingerprint density at radius 3 is 2.84 bits per heavy atom. The molecule has 2 aromatic carbocycles. The van der Waals surface area contributed by atoms with Gasteiger partial charge in [-0.15, -0.1) is 0 Å². The van der Waals surface area contributed by atoms with E-state index in [4.69, 9.17) is 5.26 Å². The van der Waals surface area contributed by atoms with Crippen molar-refractivity contribution in [2.75, 3.05) is 6.54 Å². The van der Waals surface area contributed by atoms with Crippen molar-refractivity contribution in [3.05, 3.63) is 65.2 Å². The number of halogens is 1. The van der Waals surface area contributed by atoms with E-state index in [2.05, 4.69) is 21.4 Å². The van der Waals surface area contributed by atoms with Crippen molar-refractivity contribution in [1.29, 1.82) is 5.26 Å². The van der Waals surface area contributed by atoms with Crippen molar-refractivity contribution < 1.29 is 9.18 Å². The summed E-state index contributed by atoms with van der Waals surface area (Å²) >= 11 is 0. The summed E-state index contributed by atoms with van der Waals surface area (Å²) in [7, 11) is 0. The van der Waals surface area contributed by atoms with Crippen LogP contribution in [-0.4, -0.2) is 39.4 Å². The van der Waals surface area contributed by atoms with E-state index in [9.17, 15) is 9.18 Å². The highest BCUT2D eigenvalue weighted by molar-refractivity contribution is 5.94. The first-order valence-electron chi connectivity index (χ1n) is 10.8. The van der Waals surface area contributed by atoms with Gasteiger partial charge in [-0.1, -0.05) is 12.1 Å². The number of H-pyrrole nitrogens is 1. The normalized spacial score (nSPS) is 18.6. The number of rotatable bonds is 6. The maximum Gasteiger partial charge on any atom is 0.289 e. The van der Waals surface area contributed by atoms with E-state index in [1.807, 2.05) is 11.8 Å². The second kappa shape index (κ2) is 9.27. The summed E-state index contributed by atoms with van der Waals surface area (Å²) in [4.78, 5) is 22.7. The summed E-state index contributed by atoms with van der Waals surface area (Å²) in [6, 6.07) is 14.3. The van der Waals surface area contributed by atoms with Crippen molar-refractivity contribution in [1.82, 2.24) is 20.2 Å². The van der Waals surface area contributed by atoms with Gasteiger partial charge in [0.1, 0.15) is 5.82 Å². The number of aromatic nitrogens is 2. The van der Waals surface area contributed by atoms with Crippen LogP contribution in [0.15, 0.2) is 42.5 Å². The van der Waals surface area contributed by atoms with Crippen LogP contribution in [0.2, 0.25) is 0 Å². The molecule has 0 radical (unpaired) electrons. The lowest BCUT2D eigenvalue weighted by Gasteiger charge is -2.37.